The Hall–Kier alpha value is -2.47. The van der Waals surface area contributed by atoms with Crippen LogP contribution in [0, 0.1) is 11.8 Å². The number of aromatic nitrogens is 2. The summed E-state index contributed by atoms with van der Waals surface area (Å²) in [6.07, 6.45) is 9.85. The number of nitrogens with zero attached hydrogens (tertiary/aromatic N) is 3. The summed E-state index contributed by atoms with van der Waals surface area (Å²) >= 11 is 0. The van der Waals surface area contributed by atoms with Crippen LogP contribution in [0.4, 0.5) is 11.5 Å². The molecule has 2 fully saturated rings. The van der Waals surface area contributed by atoms with Gasteiger partial charge in [0.05, 0.1) is 0 Å². The van der Waals surface area contributed by atoms with Crippen LogP contribution < -0.4 is 15.5 Å². The van der Waals surface area contributed by atoms with Gasteiger partial charge in [0, 0.05) is 31.2 Å². The van der Waals surface area contributed by atoms with E-state index in [0.717, 1.165) is 36.4 Å². The van der Waals surface area contributed by atoms with E-state index in [1.165, 1.54) is 45.2 Å². The minimum atomic E-state index is -0.185. The van der Waals surface area contributed by atoms with E-state index in [1.54, 1.807) is 30.6 Å². The molecule has 2 aliphatic heterocycles. The van der Waals surface area contributed by atoms with Gasteiger partial charge in [0.1, 0.15) is 11.5 Å². The normalized spacial score (nSPS) is 20.3. The molecule has 28 heavy (non-hydrogen) atoms. The zero-order valence-electron chi connectivity index (χ0n) is 16.3. The van der Waals surface area contributed by atoms with Crippen molar-refractivity contribution in [2.75, 3.05) is 36.4 Å². The second-order valence-corrected chi connectivity index (χ2v) is 7.94. The van der Waals surface area contributed by atoms with E-state index in [9.17, 15) is 4.79 Å². The Morgan fingerprint density at radius 1 is 1.07 bits per heavy atom. The average Bonchev–Trinajstić information content (AvgIpc) is 3.23. The van der Waals surface area contributed by atoms with Gasteiger partial charge in [-0.2, -0.15) is 0 Å². The van der Waals surface area contributed by atoms with Gasteiger partial charge < -0.3 is 15.5 Å². The summed E-state index contributed by atoms with van der Waals surface area (Å²) in [5.74, 6) is 2.36. The molecule has 6 heteroatoms. The minimum Gasteiger partial charge on any atom is -0.356 e. The molecular weight excluding hydrogens is 350 g/mol. The summed E-state index contributed by atoms with van der Waals surface area (Å²) < 4.78 is 0. The quantitative estimate of drug-likeness (QED) is 0.806. The molecule has 4 rings (SSSR count). The molecule has 2 saturated heterocycles. The molecule has 1 atom stereocenters. The fraction of sp³-hybridized carbons (Fsp3) is 0.500. The first kappa shape index (κ1) is 18.9. The summed E-state index contributed by atoms with van der Waals surface area (Å²) in [6, 6.07) is 9.25. The smallest absolute Gasteiger partial charge is 0.274 e. The summed E-state index contributed by atoms with van der Waals surface area (Å²) in [7, 11) is 0. The molecule has 0 bridgehead atoms. The second kappa shape index (κ2) is 9.15. The zero-order chi connectivity index (χ0) is 19.2. The second-order valence-electron chi connectivity index (χ2n) is 7.94. The maximum atomic E-state index is 12.5. The number of nitrogens with one attached hydrogen (secondary N) is 2. The Morgan fingerprint density at radius 3 is 2.68 bits per heavy atom. The monoisotopic (exact) mass is 379 g/mol. The standard InChI is InChI=1S/C22H29N5O/c28-22(25-19-8-13-24-14-9-19)20-2-1-3-21(26-20)27-15-10-18(16-27)5-4-17-6-11-23-12-7-17/h1-3,8-9,13-14,17-18,23H,4-7,10-12,15-16H2,(H,24,25,28)/t18-/m1/s1. The molecule has 1 amide bonds. The Bertz CT molecular complexity index is 776. The molecule has 6 nitrogen and oxygen atoms in total. The lowest BCUT2D eigenvalue weighted by Crippen LogP contribution is -2.28. The first-order chi connectivity index (χ1) is 13.8. The molecule has 4 heterocycles. The molecule has 2 aliphatic rings. The highest BCUT2D eigenvalue weighted by atomic mass is 16.1. The van der Waals surface area contributed by atoms with Gasteiger partial charge in [-0.1, -0.05) is 12.5 Å². The average molecular weight is 380 g/mol. The molecule has 2 aromatic heterocycles. The van der Waals surface area contributed by atoms with Gasteiger partial charge in [-0.25, -0.2) is 4.98 Å². The van der Waals surface area contributed by atoms with Crippen LogP contribution in [-0.4, -0.2) is 42.1 Å². The predicted molar refractivity (Wildman–Crippen MR) is 112 cm³/mol. The maximum Gasteiger partial charge on any atom is 0.274 e. The highest BCUT2D eigenvalue weighted by molar-refractivity contribution is 6.03. The molecule has 2 N–H and O–H groups in total. The topological polar surface area (TPSA) is 70.2 Å². The number of carbonyl (C=O) groups is 1. The third-order valence-corrected chi connectivity index (χ3v) is 5.96. The summed E-state index contributed by atoms with van der Waals surface area (Å²) in [5.41, 5.74) is 1.18. The first-order valence-corrected chi connectivity index (χ1v) is 10.4. The highest BCUT2D eigenvalue weighted by Gasteiger charge is 2.25. The molecule has 2 aromatic rings. The lowest BCUT2D eigenvalue weighted by molar-refractivity contribution is 0.102. The van der Waals surface area contributed by atoms with Crippen molar-refractivity contribution in [3.05, 3.63) is 48.4 Å². The molecule has 0 aromatic carbocycles. The number of anilines is 2. The van der Waals surface area contributed by atoms with Gasteiger partial charge >= 0.3 is 0 Å². The van der Waals surface area contributed by atoms with Crippen molar-refractivity contribution >= 4 is 17.4 Å². The summed E-state index contributed by atoms with van der Waals surface area (Å²) in [6.45, 7) is 4.44. The van der Waals surface area contributed by atoms with Gasteiger partial charge in [0.15, 0.2) is 0 Å². The number of piperidine rings is 1. The molecule has 0 aliphatic carbocycles. The van der Waals surface area contributed by atoms with Gasteiger partial charge in [-0.05, 0) is 74.9 Å². The fourth-order valence-electron chi connectivity index (χ4n) is 4.27. The molecule has 148 valence electrons. The lowest BCUT2D eigenvalue weighted by atomic mass is 9.89. The van der Waals surface area contributed by atoms with E-state index in [4.69, 9.17) is 0 Å². The molecular formula is C22H29N5O. The number of amides is 1. The van der Waals surface area contributed by atoms with Crippen LogP contribution >= 0.6 is 0 Å². The number of carbonyl (C=O) groups excluding carboxylic acids is 1. The molecule has 0 radical (unpaired) electrons. The van der Waals surface area contributed by atoms with Crippen molar-refractivity contribution in [1.82, 2.24) is 15.3 Å². The van der Waals surface area contributed by atoms with E-state index in [0.29, 0.717) is 5.69 Å². The van der Waals surface area contributed by atoms with Crippen LogP contribution in [0.15, 0.2) is 42.7 Å². The van der Waals surface area contributed by atoms with Crippen LogP contribution in [0.1, 0.15) is 42.6 Å². The number of pyridine rings is 2. The van der Waals surface area contributed by atoms with Crippen molar-refractivity contribution in [2.45, 2.75) is 32.1 Å². The van der Waals surface area contributed by atoms with Crippen molar-refractivity contribution in [3.8, 4) is 0 Å². The maximum absolute atomic E-state index is 12.5. The summed E-state index contributed by atoms with van der Waals surface area (Å²) in [5, 5.41) is 6.32. The first-order valence-electron chi connectivity index (χ1n) is 10.4. The predicted octanol–water partition coefficient (Wildman–Crippen LogP) is 3.34. The SMILES string of the molecule is O=C(Nc1ccncc1)c1cccc(N2CC[C@@H](CCC3CCNCC3)C2)n1. The van der Waals surface area contributed by atoms with E-state index >= 15 is 0 Å². The van der Waals surface area contributed by atoms with E-state index in [2.05, 4.69) is 25.5 Å². The fourth-order valence-corrected chi connectivity index (χ4v) is 4.27. The number of hydrogen-bond donors (Lipinski definition) is 2. The van der Waals surface area contributed by atoms with Crippen molar-refractivity contribution < 1.29 is 4.79 Å². The minimum absolute atomic E-state index is 0.185. The van der Waals surface area contributed by atoms with Crippen LogP contribution in [0.3, 0.4) is 0 Å². The molecule has 0 spiro atoms. The van der Waals surface area contributed by atoms with E-state index < -0.39 is 0 Å². The van der Waals surface area contributed by atoms with E-state index in [-0.39, 0.29) is 5.91 Å². The summed E-state index contributed by atoms with van der Waals surface area (Å²) in [4.78, 5) is 23.4. The number of hydrogen-bond acceptors (Lipinski definition) is 5. The Morgan fingerprint density at radius 2 is 1.86 bits per heavy atom. The van der Waals surface area contributed by atoms with Gasteiger partial charge in [0.25, 0.3) is 5.91 Å². The van der Waals surface area contributed by atoms with Gasteiger partial charge in [-0.3, -0.25) is 9.78 Å². The van der Waals surface area contributed by atoms with Crippen LogP contribution in [0.5, 0.6) is 0 Å². The van der Waals surface area contributed by atoms with Gasteiger partial charge in [0.2, 0.25) is 0 Å². The Balaban J connectivity index is 1.32. The lowest BCUT2D eigenvalue weighted by Gasteiger charge is -2.24. The van der Waals surface area contributed by atoms with Crippen LogP contribution in [0.2, 0.25) is 0 Å². The van der Waals surface area contributed by atoms with E-state index in [1.807, 2.05) is 12.1 Å². The van der Waals surface area contributed by atoms with Crippen molar-refractivity contribution in [1.29, 1.82) is 0 Å². The largest absolute Gasteiger partial charge is 0.356 e. The highest BCUT2D eigenvalue weighted by Crippen LogP contribution is 2.28. The van der Waals surface area contributed by atoms with Crippen molar-refractivity contribution in [3.63, 3.8) is 0 Å². The Kier molecular flexibility index (Phi) is 6.17. The molecule has 0 unspecified atom stereocenters. The zero-order valence-corrected chi connectivity index (χ0v) is 16.3. The van der Waals surface area contributed by atoms with Crippen LogP contribution in [0.25, 0.3) is 0 Å². The number of rotatable bonds is 6. The van der Waals surface area contributed by atoms with Gasteiger partial charge in [-0.15, -0.1) is 0 Å². The Labute approximate surface area is 166 Å². The van der Waals surface area contributed by atoms with Crippen LogP contribution in [-0.2, 0) is 0 Å². The van der Waals surface area contributed by atoms with Crippen molar-refractivity contribution in [2.24, 2.45) is 11.8 Å². The molecule has 0 saturated carbocycles. The third-order valence-electron chi connectivity index (χ3n) is 5.96. The third kappa shape index (κ3) is 4.87.